The molecule has 3 heterocycles. The van der Waals surface area contributed by atoms with Gasteiger partial charge in [-0.05, 0) is 47.4 Å². The van der Waals surface area contributed by atoms with Crippen LogP contribution in [0.4, 0.5) is 0 Å². The van der Waals surface area contributed by atoms with E-state index in [1.807, 2.05) is 12.1 Å². The average molecular weight is 312 g/mol. The van der Waals surface area contributed by atoms with E-state index in [0.717, 1.165) is 12.1 Å². The second-order valence-corrected chi connectivity index (χ2v) is 6.30. The smallest absolute Gasteiger partial charge is 0.241 e. The highest BCUT2D eigenvalue weighted by molar-refractivity contribution is 7.07. The molecular weight excluding hydrogens is 296 g/mol. The molecule has 1 aliphatic carbocycles. The quantitative estimate of drug-likeness (QED) is 0.698. The molecule has 5 nitrogen and oxygen atoms in total. The lowest BCUT2D eigenvalue weighted by atomic mass is 10.2. The average Bonchev–Trinajstić information content (AvgIpc) is 3.08. The molecule has 0 spiro atoms. The first-order valence-electron chi connectivity index (χ1n) is 7.36. The number of rotatable bonds is 6. The van der Waals surface area contributed by atoms with Crippen LogP contribution in [0.2, 0.25) is 0 Å². The highest BCUT2D eigenvalue weighted by Crippen LogP contribution is 2.30. The van der Waals surface area contributed by atoms with Crippen molar-refractivity contribution < 1.29 is 4.52 Å². The van der Waals surface area contributed by atoms with Crippen LogP contribution in [0, 0.1) is 0 Å². The van der Waals surface area contributed by atoms with Crippen molar-refractivity contribution >= 4 is 11.3 Å². The minimum Gasteiger partial charge on any atom is -0.338 e. The Morgan fingerprint density at radius 2 is 2.05 bits per heavy atom. The van der Waals surface area contributed by atoms with Crippen LogP contribution >= 0.6 is 11.3 Å². The van der Waals surface area contributed by atoms with Gasteiger partial charge in [0.2, 0.25) is 11.7 Å². The fourth-order valence-corrected chi connectivity index (χ4v) is 3.14. The van der Waals surface area contributed by atoms with E-state index in [1.54, 1.807) is 23.7 Å². The standard InChI is InChI=1S/C16H16N4OS/c1-2-14(1)20(9-12-5-8-22-11-12)10-15-18-16(19-21-15)13-3-6-17-7-4-13/h3-8,11,14H,1-2,9-10H2. The molecule has 0 N–H and O–H groups in total. The largest absolute Gasteiger partial charge is 0.338 e. The Morgan fingerprint density at radius 3 is 2.77 bits per heavy atom. The summed E-state index contributed by atoms with van der Waals surface area (Å²) < 4.78 is 5.43. The predicted molar refractivity (Wildman–Crippen MR) is 84.1 cm³/mol. The third kappa shape index (κ3) is 3.08. The minimum atomic E-state index is 0.628. The molecule has 0 bridgehead atoms. The molecule has 22 heavy (non-hydrogen) atoms. The zero-order chi connectivity index (χ0) is 14.8. The fourth-order valence-electron chi connectivity index (χ4n) is 2.48. The monoisotopic (exact) mass is 312 g/mol. The van der Waals surface area contributed by atoms with E-state index in [2.05, 4.69) is 36.9 Å². The molecule has 0 unspecified atom stereocenters. The van der Waals surface area contributed by atoms with E-state index in [-0.39, 0.29) is 0 Å². The molecule has 6 heteroatoms. The summed E-state index contributed by atoms with van der Waals surface area (Å²) in [6.45, 7) is 1.65. The second-order valence-electron chi connectivity index (χ2n) is 5.52. The van der Waals surface area contributed by atoms with Crippen molar-refractivity contribution in [1.29, 1.82) is 0 Å². The van der Waals surface area contributed by atoms with Gasteiger partial charge in [-0.1, -0.05) is 5.16 Å². The molecule has 4 rings (SSSR count). The maximum atomic E-state index is 5.43. The lowest BCUT2D eigenvalue weighted by molar-refractivity contribution is 0.210. The number of aromatic nitrogens is 3. The summed E-state index contributed by atoms with van der Waals surface area (Å²) in [5.74, 6) is 1.30. The van der Waals surface area contributed by atoms with Gasteiger partial charge in [0.05, 0.1) is 6.54 Å². The first-order chi connectivity index (χ1) is 10.9. The Kier molecular flexibility index (Phi) is 3.70. The topological polar surface area (TPSA) is 55.1 Å². The Morgan fingerprint density at radius 1 is 1.18 bits per heavy atom. The number of pyridine rings is 1. The van der Waals surface area contributed by atoms with E-state index < -0.39 is 0 Å². The first kappa shape index (κ1) is 13.6. The van der Waals surface area contributed by atoms with Gasteiger partial charge in [-0.2, -0.15) is 16.3 Å². The fraction of sp³-hybridized carbons (Fsp3) is 0.312. The van der Waals surface area contributed by atoms with E-state index in [0.29, 0.717) is 24.3 Å². The van der Waals surface area contributed by atoms with Crippen LogP contribution in [0.5, 0.6) is 0 Å². The van der Waals surface area contributed by atoms with E-state index in [9.17, 15) is 0 Å². The van der Waals surface area contributed by atoms with Gasteiger partial charge in [0, 0.05) is 30.5 Å². The molecule has 3 aromatic heterocycles. The summed E-state index contributed by atoms with van der Waals surface area (Å²) in [5.41, 5.74) is 2.28. The van der Waals surface area contributed by atoms with Crippen LogP contribution < -0.4 is 0 Å². The molecule has 0 amide bonds. The molecular formula is C16H16N4OS. The minimum absolute atomic E-state index is 0.628. The van der Waals surface area contributed by atoms with E-state index in [4.69, 9.17) is 4.52 Å². The van der Waals surface area contributed by atoms with Gasteiger partial charge in [-0.25, -0.2) is 0 Å². The van der Waals surface area contributed by atoms with Crippen LogP contribution in [0.1, 0.15) is 24.3 Å². The Balaban J connectivity index is 1.48. The van der Waals surface area contributed by atoms with Crippen LogP contribution in [0.3, 0.4) is 0 Å². The maximum absolute atomic E-state index is 5.43. The molecule has 112 valence electrons. The van der Waals surface area contributed by atoms with Crippen LogP contribution in [0.25, 0.3) is 11.4 Å². The van der Waals surface area contributed by atoms with Crippen LogP contribution in [-0.4, -0.2) is 26.1 Å². The Labute approximate surface area is 132 Å². The second kappa shape index (κ2) is 5.98. The van der Waals surface area contributed by atoms with Gasteiger partial charge in [0.1, 0.15) is 0 Å². The SMILES string of the molecule is c1cc(-c2noc(CN(Cc3ccsc3)C3CC3)n2)ccn1. The molecule has 3 aromatic rings. The van der Waals surface area contributed by atoms with Crippen LogP contribution in [0.15, 0.2) is 45.9 Å². The van der Waals surface area contributed by atoms with Crippen molar-refractivity contribution in [2.75, 3.05) is 0 Å². The summed E-state index contributed by atoms with van der Waals surface area (Å²) in [4.78, 5) is 10.9. The Hall–Kier alpha value is -2.05. The van der Waals surface area contributed by atoms with Crippen molar-refractivity contribution in [2.45, 2.75) is 32.0 Å². The molecule has 0 atom stereocenters. The molecule has 1 saturated carbocycles. The summed E-state index contributed by atoms with van der Waals surface area (Å²) in [6.07, 6.45) is 5.99. The number of hydrogen-bond acceptors (Lipinski definition) is 6. The zero-order valence-electron chi connectivity index (χ0n) is 12.1. The van der Waals surface area contributed by atoms with Crippen LogP contribution in [-0.2, 0) is 13.1 Å². The molecule has 0 aromatic carbocycles. The summed E-state index contributed by atoms with van der Waals surface area (Å²) in [6, 6.07) is 6.60. The summed E-state index contributed by atoms with van der Waals surface area (Å²) in [5, 5.41) is 8.40. The molecule has 0 radical (unpaired) electrons. The third-order valence-electron chi connectivity index (χ3n) is 3.77. The van der Waals surface area contributed by atoms with Crippen molar-refractivity contribution in [2.24, 2.45) is 0 Å². The molecule has 1 fully saturated rings. The molecule has 0 aliphatic heterocycles. The molecule has 0 saturated heterocycles. The lowest BCUT2D eigenvalue weighted by Gasteiger charge is -2.18. The zero-order valence-corrected chi connectivity index (χ0v) is 12.9. The van der Waals surface area contributed by atoms with Crippen molar-refractivity contribution in [1.82, 2.24) is 20.0 Å². The van der Waals surface area contributed by atoms with Gasteiger partial charge < -0.3 is 4.52 Å². The number of hydrogen-bond donors (Lipinski definition) is 0. The number of nitrogens with zero attached hydrogens (tertiary/aromatic N) is 4. The third-order valence-corrected chi connectivity index (χ3v) is 4.51. The van der Waals surface area contributed by atoms with Gasteiger partial charge in [-0.15, -0.1) is 0 Å². The Bertz CT molecular complexity index is 722. The van der Waals surface area contributed by atoms with Crippen molar-refractivity contribution in [3.8, 4) is 11.4 Å². The van der Waals surface area contributed by atoms with E-state index in [1.165, 1.54) is 18.4 Å². The van der Waals surface area contributed by atoms with Gasteiger partial charge >= 0.3 is 0 Å². The first-order valence-corrected chi connectivity index (χ1v) is 8.31. The maximum Gasteiger partial charge on any atom is 0.241 e. The lowest BCUT2D eigenvalue weighted by Crippen LogP contribution is -2.25. The van der Waals surface area contributed by atoms with Gasteiger partial charge in [-0.3, -0.25) is 9.88 Å². The van der Waals surface area contributed by atoms with E-state index >= 15 is 0 Å². The van der Waals surface area contributed by atoms with Crippen molar-refractivity contribution in [3.05, 3.63) is 52.8 Å². The molecule has 1 aliphatic rings. The summed E-state index contributed by atoms with van der Waals surface area (Å²) >= 11 is 1.74. The van der Waals surface area contributed by atoms with Gasteiger partial charge in [0.25, 0.3) is 0 Å². The predicted octanol–water partition coefficient (Wildman–Crippen LogP) is 3.36. The summed E-state index contributed by atoms with van der Waals surface area (Å²) in [7, 11) is 0. The van der Waals surface area contributed by atoms with Gasteiger partial charge in [0.15, 0.2) is 0 Å². The normalized spacial score (nSPS) is 14.6. The number of thiophene rings is 1. The highest BCUT2D eigenvalue weighted by atomic mass is 32.1. The van der Waals surface area contributed by atoms with Crippen molar-refractivity contribution in [3.63, 3.8) is 0 Å². The highest BCUT2D eigenvalue weighted by Gasteiger charge is 2.30.